The Hall–Kier alpha value is -1.02. The summed E-state index contributed by atoms with van der Waals surface area (Å²) in [5.74, 6) is 1.85. The van der Waals surface area contributed by atoms with Gasteiger partial charge in [0.2, 0.25) is 0 Å². The van der Waals surface area contributed by atoms with Gasteiger partial charge in [-0.15, -0.1) is 0 Å². The van der Waals surface area contributed by atoms with E-state index in [1.807, 2.05) is 30.3 Å². The van der Waals surface area contributed by atoms with Crippen molar-refractivity contribution in [1.29, 1.82) is 0 Å². The summed E-state index contributed by atoms with van der Waals surface area (Å²) < 4.78 is 5.77. The Morgan fingerprint density at radius 2 is 1.95 bits per heavy atom. The molecule has 1 aromatic rings. The largest absolute Gasteiger partial charge is 0.494 e. The molecule has 106 valence electrons. The molecule has 0 saturated heterocycles. The third-order valence-corrected chi connectivity index (χ3v) is 4.11. The number of hydrogen-bond acceptors (Lipinski definition) is 2. The lowest BCUT2D eigenvalue weighted by Crippen LogP contribution is -2.38. The highest BCUT2D eigenvalue weighted by molar-refractivity contribution is 5.20. The minimum atomic E-state index is 0.746. The molecule has 2 unspecified atom stereocenters. The fourth-order valence-corrected chi connectivity index (χ4v) is 3.14. The van der Waals surface area contributed by atoms with E-state index in [-0.39, 0.29) is 0 Å². The average Bonchev–Trinajstić information content (AvgIpc) is 2.47. The van der Waals surface area contributed by atoms with Crippen LogP contribution in [-0.4, -0.2) is 19.2 Å². The molecule has 0 bridgehead atoms. The first-order chi connectivity index (χ1) is 9.40. The molecule has 1 saturated carbocycles. The van der Waals surface area contributed by atoms with Gasteiger partial charge < -0.3 is 10.1 Å². The zero-order valence-corrected chi connectivity index (χ0v) is 12.1. The van der Waals surface area contributed by atoms with E-state index in [0.29, 0.717) is 0 Å². The third kappa shape index (κ3) is 4.87. The van der Waals surface area contributed by atoms with Crippen molar-refractivity contribution in [1.82, 2.24) is 5.32 Å². The summed E-state index contributed by atoms with van der Waals surface area (Å²) >= 11 is 0. The van der Waals surface area contributed by atoms with Crippen molar-refractivity contribution >= 4 is 0 Å². The fraction of sp³-hybridized carbons (Fsp3) is 0.647. The van der Waals surface area contributed by atoms with Gasteiger partial charge in [0.25, 0.3) is 0 Å². The van der Waals surface area contributed by atoms with E-state index < -0.39 is 0 Å². The summed E-state index contributed by atoms with van der Waals surface area (Å²) in [5, 5.41) is 3.65. The molecule has 0 radical (unpaired) electrons. The van der Waals surface area contributed by atoms with Gasteiger partial charge in [-0.3, -0.25) is 0 Å². The van der Waals surface area contributed by atoms with E-state index in [4.69, 9.17) is 4.74 Å². The molecule has 19 heavy (non-hydrogen) atoms. The van der Waals surface area contributed by atoms with E-state index in [1.165, 1.54) is 38.5 Å². The molecule has 0 heterocycles. The van der Waals surface area contributed by atoms with Gasteiger partial charge in [0.05, 0.1) is 6.61 Å². The number of rotatable bonds is 7. The topological polar surface area (TPSA) is 21.3 Å². The summed E-state index contributed by atoms with van der Waals surface area (Å²) in [6.07, 6.45) is 8.02. The Labute approximate surface area is 117 Å². The van der Waals surface area contributed by atoms with Crippen LogP contribution in [0.3, 0.4) is 0 Å². The van der Waals surface area contributed by atoms with Crippen LogP contribution < -0.4 is 10.1 Å². The Bertz CT molecular complexity index is 336. The molecular formula is C17H27NO. The van der Waals surface area contributed by atoms with Gasteiger partial charge in [0, 0.05) is 6.04 Å². The highest BCUT2D eigenvalue weighted by Gasteiger charge is 2.23. The lowest BCUT2D eigenvalue weighted by molar-refractivity contribution is 0.226. The Morgan fingerprint density at radius 3 is 2.74 bits per heavy atom. The molecule has 0 spiro atoms. The summed E-state index contributed by atoms with van der Waals surface area (Å²) in [7, 11) is 0. The molecule has 2 heteroatoms. The number of ether oxygens (including phenoxy) is 1. The Balaban J connectivity index is 1.66. The maximum Gasteiger partial charge on any atom is 0.119 e. The molecule has 1 fully saturated rings. The minimum Gasteiger partial charge on any atom is -0.494 e. The van der Waals surface area contributed by atoms with Crippen LogP contribution >= 0.6 is 0 Å². The van der Waals surface area contributed by atoms with Gasteiger partial charge in [-0.25, -0.2) is 0 Å². The van der Waals surface area contributed by atoms with Crippen LogP contribution in [0, 0.1) is 5.92 Å². The first-order valence-electron chi connectivity index (χ1n) is 7.81. The first kappa shape index (κ1) is 14.4. The lowest BCUT2D eigenvalue weighted by atomic mass is 9.82. The van der Waals surface area contributed by atoms with Crippen molar-refractivity contribution < 1.29 is 4.74 Å². The molecule has 2 atom stereocenters. The molecule has 2 rings (SSSR count). The molecule has 0 aromatic heterocycles. The second kappa shape index (κ2) is 8.21. The van der Waals surface area contributed by atoms with Crippen molar-refractivity contribution in [2.24, 2.45) is 5.92 Å². The van der Waals surface area contributed by atoms with Gasteiger partial charge in [-0.1, -0.05) is 38.0 Å². The van der Waals surface area contributed by atoms with E-state index >= 15 is 0 Å². The second-order valence-corrected chi connectivity index (χ2v) is 5.51. The van der Waals surface area contributed by atoms with E-state index in [2.05, 4.69) is 12.2 Å². The lowest BCUT2D eigenvalue weighted by Gasteiger charge is -2.32. The van der Waals surface area contributed by atoms with Crippen LogP contribution in [0.5, 0.6) is 5.75 Å². The molecule has 0 aliphatic heterocycles. The van der Waals surface area contributed by atoms with Crippen LogP contribution in [0.15, 0.2) is 30.3 Å². The van der Waals surface area contributed by atoms with Crippen molar-refractivity contribution in [3.05, 3.63) is 30.3 Å². The quantitative estimate of drug-likeness (QED) is 0.749. The normalized spacial score (nSPS) is 23.2. The fourth-order valence-electron chi connectivity index (χ4n) is 3.14. The highest BCUT2D eigenvalue weighted by Crippen LogP contribution is 2.28. The smallest absolute Gasteiger partial charge is 0.119 e. The molecule has 1 aromatic carbocycles. The van der Waals surface area contributed by atoms with Gasteiger partial charge in [0.15, 0.2) is 0 Å². The van der Waals surface area contributed by atoms with Gasteiger partial charge in [-0.05, 0) is 50.3 Å². The zero-order chi connectivity index (χ0) is 13.3. The minimum absolute atomic E-state index is 0.746. The molecule has 1 aliphatic carbocycles. The monoisotopic (exact) mass is 261 g/mol. The van der Waals surface area contributed by atoms with Crippen molar-refractivity contribution in [2.45, 2.75) is 51.5 Å². The van der Waals surface area contributed by atoms with E-state index in [0.717, 1.165) is 30.9 Å². The molecule has 1 aliphatic rings. The summed E-state index contributed by atoms with van der Waals surface area (Å²) in [5.41, 5.74) is 0. The van der Waals surface area contributed by atoms with Crippen LogP contribution in [0.4, 0.5) is 0 Å². The number of hydrogen-bond donors (Lipinski definition) is 1. The maximum atomic E-state index is 5.77. The number of benzene rings is 1. The van der Waals surface area contributed by atoms with Crippen LogP contribution in [-0.2, 0) is 0 Å². The summed E-state index contributed by atoms with van der Waals surface area (Å²) in [4.78, 5) is 0. The number of para-hydroxylation sites is 1. The van der Waals surface area contributed by atoms with Crippen molar-refractivity contribution in [3.63, 3.8) is 0 Å². The summed E-state index contributed by atoms with van der Waals surface area (Å²) in [6.45, 7) is 4.16. The molecule has 2 nitrogen and oxygen atoms in total. The number of nitrogens with one attached hydrogen (secondary N) is 1. The summed E-state index contributed by atoms with van der Waals surface area (Å²) in [6, 6.07) is 10.9. The van der Waals surface area contributed by atoms with E-state index in [9.17, 15) is 0 Å². The maximum absolute atomic E-state index is 5.77. The van der Waals surface area contributed by atoms with Gasteiger partial charge in [-0.2, -0.15) is 0 Å². The third-order valence-electron chi connectivity index (χ3n) is 4.11. The standard InChI is InChI=1S/C17H27NO/c1-2-18-17-13-7-6-9-15(17)10-8-14-19-16-11-4-3-5-12-16/h3-5,11-12,15,17-18H,2,6-10,13-14H2,1H3. The molecular weight excluding hydrogens is 234 g/mol. The van der Waals surface area contributed by atoms with Crippen LogP contribution in [0.25, 0.3) is 0 Å². The van der Waals surface area contributed by atoms with Crippen molar-refractivity contribution in [2.75, 3.05) is 13.2 Å². The first-order valence-corrected chi connectivity index (χ1v) is 7.81. The van der Waals surface area contributed by atoms with Crippen LogP contribution in [0.1, 0.15) is 45.4 Å². The SMILES string of the molecule is CCNC1CCCCC1CCCOc1ccccc1. The Kier molecular flexibility index (Phi) is 6.22. The predicted molar refractivity (Wildman–Crippen MR) is 80.6 cm³/mol. The molecule has 1 N–H and O–H groups in total. The molecule has 0 amide bonds. The van der Waals surface area contributed by atoms with Gasteiger partial charge >= 0.3 is 0 Å². The Morgan fingerprint density at radius 1 is 1.16 bits per heavy atom. The van der Waals surface area contributed by atoms with Crippen LogP contribution in [0.2, 0.25) is 0 Å². The average molecular weight is 261 g/mol. The van der Waals surface area contributed by atoms with Crippen molar-refractivity contribution in [3.8, 4) is 5.75 Å². The predicted octanol–water partition coefficient (Wildman–Crippen LogP) is 4.01. The second-order valence-electron chi connectivity index (χ2n) is 5.51. The van der Waals surface area contributed by atoms with E-state index in [1.54, 1.807) is 0 Å². The highest BCUT2D eigenvalue weighted by atomic mass is 16.5. The van der Waals surface area contributed by atoms with Gasteiger partial charge in [0.1, 0.15) is 5.75 Å². The zero-order valence-electron chi connectivity index (χ0n) is 12.1.